The van der Waals surface area contributed by atoms with E-state index in [9.17, 15) is 4.79 Å². The van der Waals surface area contributed by atoms with Crippen molar-refractivity contribution in [2.24, 2.45) is 7.05 Å². The Morgan fingerprint density at radius 3 is 2.87 bits per heavy atom. The summed E-state index contributed by atoms with van der Waals surface area (Å²) in [7, 11) is 1.82. The molecule has 0 aromatic carbocycles. The van der Waals surface area contributed by atoms with Crippen LogP contribution >= 0.6 is 0 Å². The first-order chi connectivity index (χ1) is 7.24. The van der Waals surface area contributed by atoms with Gasteiger partial charge in [0.05, 0.1) is 6.07 Å². The van der Waals surface area contributed by atoms with E-state index in [2.05, 4.69) is 0 Å². The summed E-state index contributed by atoms with van der Waals surface area (Å²) in [6.45, 7) is 1.88. The summed E-state index contributed by atoms with van der Waals surface area (Å²) in [5.41, 5.74) is 0. The van der Waals surface area contributed by atoms with E-state index in [-0.39, 0.29) is 5.97 Å². The van der Waals surface area contributed by atoms with Crippen molar-refractivity contribution < 1.29 is 14.1 Å². The molecule has 0 atom stereocenters. The van der Waals surface area contributed by atoms with E-state index >= 15 is 0 Å². The molecule has 0 aliphatic heterocycles. The third-order valence-corrected chi connectivity index (χ3v) is 1.75. The minimum atomic E-state index is -0.380. The number of rotatable bonds is 3. The molecular weight excluding hydrogens is 190 g/mol. The summed E-state index contributed by atoms with van der Waals surface area (Å²) in [5, 5.41) is 0. The summed E-state index contributed by atoms with van der Waals surface area (Å²) < 4.78 is 6.83. The topological polar surface area (TPSA) is 30.2 Å². The highest BCUT2D eigenvalue weighted by molar-refractivity contribution is 5.83. The number of nitrogens with zero attached hydrogens (tertiary/aromatic N) is 1. The highest BCUT2D eigenvalue weighted by Crippen LogP contribution is 2.00. The third kappa shape index (κ3) is 3.77. The molecule has 78 valence electrons. The van der Waals surface area contributed by atoms with E-state index in [0.29, 0.717) is 5.88 Å². The second kappa shape index (κ2) is 5.75. The lowest BCUT2D eigenvalue weighted by Gasteiger charge is -1.97. The number of aryl methyl sites for hydroxylation is 1. The maximum atomic E-state index is 11.3. The molecule has 1 aromatic heterocycles. The van der Waals surface area contributed by atoms with Gasteiger partial charge in [0.15, 0.2) is 6.20 Å². The molecule has 0 N–H and O–H groups in total. The number of pyridine rings is 1. The predicted molar refractivity (Wildman–Crippen MR) is 57.2 cm³/mol. The number of aromatic nitrogens is 1. The van der Waals surface area contributed by atoms with Gasteiger partial charge in [-0.05, 0) is 13.0 Å². The Kier molecular flexibility index (Phi) is 4.29. The highest BCUT2D eigenvalue weighted by Gasteiger charge is 2.08. The van der Waals surface area contributed by atoms with E-state index in [1.807, 2.05) is 38.4 Å². The standard InChI is InChI=1S/C12H14NO2/c1-3-4-5-9-12(14)15-11-8-6-7-10-13(11)2/h3-10H,1-2H3/q+1/b4-3+,9-5+. The van der Waals surface area contributed by atoms with Crippen molar-refractivity contribution in [3.05, 3.63) is 48.7 Å². The lowest BCUT2D eigenvalue weighted by atomic mass is 10.4. The molecule has 0 unspecified atom stereocenters. The predicted octanol–water partition coefficient (Wildman–Crippen LogP) is 1.55. The lowest BCUT2D eigenvalue weighted by molar-refractivity contribution is -0.675. The molecule has 0 fully saturated rings. The molecule has 0 aliphatic carbocycles. The van der Waals surface area contributed by atoms with Crippen molar-refractivity contribution in [1.82, 2.24) is 0 Å². The molecule has 0 bridgehead atoms. The molecule has 1 aromatic rings. The summed E-state index contributed by atoms with van der Waals surface area (Å²) in [4.78, 5) is 11.3. The normalized spacial score (nSPS) is 11.1. The van der Waals surface area contributed by atoms with Crippen LogP contribution < -0.4 is 9.30 Å². The van der Waals surface area contributed by atoms with Crippen LogP contribution in [0.15, 0.2) is 48.7 Å². The first-order valence-corrected chi connectivity index (χ1v) is 4.70. The van der Waals surface area contributed by atoms with Gasteiger partial charge in [0.2, 0.25) is 0 Å². The number of carbonyl (C=O) groups is 1. The smallest absolute Gasteiger partial charge is 0.367 e. The van der Waals surface area contributed by atoms with Crippen molar-refractivity contribution in [3.63, 3.8) is 0 Å². The van der Waals surface area contributed by atoms with E-state index in [4.69, 9.17) is 4.74 Å². The monoisotopic (exact) mass is 204 g/mol. The fraction of sp³-hybridized carbons (Fsp3) is 0.167. The Bertz CT molecular complexity index is 394. The molecule has 0 amide bonds. The number of carbonyl (C=O) groups excluding carboxylic acids is 1. The quantitative estimate of drug-likeness (QED) is 0.323. The summed E-state index contributed by atoms with van der Waals surface area (Å²) in [6, 6.07) is 5.42. The fourth-order valence-corrected chi connectivity index (χ4v) is 0.996. The van der Waals surface area contributed by atoms with Crippen LogP contribution in [0.5, 0.6) is 5.88 Å². The number of esters is 1. The fourth-order valence-electron chi connectivity index (χ4n) is 0.996. The van der Waals surface area contributed by atoms with Gasteiger partial charge in [-0.2, -0.15) is 4.57 Å². The average Bonchev–Trinajstić information content (AvgIpc) is 2.22. The highest BCUT2D eigenvalue weighted by atomic mass is 16.5. The zero-order valence-electron chi connectivity index (χ0n) is 8.88. The summed E-state index contributed by atoms with van der Waals surface area (Å²) in [5.74, 6) is 0.141. The van der Waals surface area contributed by atoms with Crippen LogP contribution in [0, 0.1) is 0 Å². The van der Waals surface area contributed by atoms with Gasteiger partial charge < -0.3 is 4.74 Å². The minimum absolute atomic E-state index is 0.380. The molecule has 15 heavy (non-hydrogen) atoms. The molecule has 1 heterocycles. The van der Waals surface area contributed by atoms with Crippen LogP contribution in [-0.4, -0.2) is 5.97 Å². The maximum Gasteiger partial charge on any atom is 0.375 e. The van der Waals surface area contributed by atoms with Gasteiger partial charge in [-0.3, -0.25) is 0 Å². The van der Waals surface area contributed by atoms with Crippen LogP contribution in [0.4, 0.5) is 0 Å². The Morgan fingerprint density at radius 2 is 2.20 bits per heavy atom. The van der Waals surface area contributed by atoms with E-state index in [0.717, 1.165) is 0 Å². The van der Waals surface area contributed by atoms with Crippen LogP contribution in [-0.2, 0) is 11.8 Å². The van der Waals surface area contributed by atoms with Gasteiger partial charge in [-0.25, -0.2) is 4.79 Å². The molecule has 0 saturated heterocycles. The van der Waals surface area contributed by atoms with Gasteiger partial charge in [0.1, 0.15) is 7.05 Å². The van der Waals surface area contributed by atoms with Gasteiger partial charge in [0, 0.05) is 12.1 Å². The largest absolute Gasteiger partial charge is 0.375 e. The molecular formula is C12H14NO2+. The third-order valence-electron chi connectivity index (χ3n) is 1.75. The van der Waals surface area contributed by atoms with Gasteiger partial charge in [-0.1, -0.05) is 18.2 Å². The van der Waals surface area contributed by atoms with Crippen molar-refractivity contribution in [2.75, 3.05) is 0 Å². The Labute approximate surface area is 89.3 Å². The maximum absolute atomic E-state index is 11.3. The molecule has 0 aliphatic rings. The second-order valence-electron chi connectivity index (χ2n) is 2.96. The van der Waals surface area contributed by atoms with E-state index < -0.39 is 0 Å². The number of hydrogen-bond acceptors (Lipinski definition) is 2. The number of ether oxygens (including phenoxy) is 1. The zero-order chi connectivity index (χ0) is 11.1. The van der Waals surface area contributed by atoms with Crippen LogP contribution in [0.25, 0.3) is 0 Å². The van der Waals surface area contributed by atoms with Crippen LogP contribution in [0.1, 0.15) is 6.92 Å². The Balaban J connectivity index is 2.63. The first-order valence-electron chi connectivity index (χ1n) is 4.70. The van der Waals surface area contributed by atoms with Crippen molar-refractivity contribution in [2.45, 2.75) is 6.92 Å². The summed E-state index contributed by atoms with van der Waals surface area (Å²) >= 11 is 0. The van der Waals surface area contributed by atoms with Gasteiger partial charge in [-0.15, -0.1) is 0 Å². The molecule has 3 heteroatoms. The van der Waals surface area contributed by atoms with Crippen molar-refractivity contribution in [1.29, 1.82) is 0 Å². The molecule has 0 radical (unpaired) electrons. The van der Waals surface area contributed by atoms with Crippen LogP contribution in [0.2, 0.25) is 0 Å². The zero-order valence-corrected chi connectivity index (χ0v) is 8.88. The molecule has 3 nitrogen and oxygen atoms in total. The molecule has 0 saturated carbocycles. The molecule has 0 spiro atoms. The number of allylic oxidation sites excluding steroid dienone is 3. The Morgan fingerprint density at radius 1 is 1.40 bits per heavy atom. The average molecular weight is 204 g/mol. The number of hydrogen-bond donors (Lipinski definition) is 0. The lowest BCUT2D eigenvalue weighted by Crippen LogP contribution is -2.30. The van der Waals surface area contributed by atoms with E-state index in [1.165, 1.54) is 6.08 Å². The van der Waals surface area contributed by atoms with Crippen molar-refractivity contribution >= 4 is 5.97 Å². The summed E-state index contributed by atoms with van der Waals surface area (Å²) in [6.07, 6.45) is 8.45. The van der Waals surface area contributed by atoms with Crippen LogP contribution in [0.3, 0.4) is 0 Å². The van der Waals surface area contributed by atoms with Crippen molar-refractivity contribution in [3.8, 4) is 5.88 Å². The Hall–Kier alpha value is -1.90. The SMILES string of the molecule is C/C=C/C=C/C(=O)Oc1cccc[n+]1C. The van der Waals surface area contributed by atoms with Gasteiger partial charge in [0.25, 0.3) is 0 Å². The minimum Gasteiger partial charge on any atom is -0.367 e. The molecule has 1 rings (SSSR count). The van der Waals surface area contributed by atoms with Gasteiger partial charge >= 0.3 is 11.8 Å². The first kappa shape index (κ1) is 11.2. The van der Waals surface area contributed by atoms with E-state index in [1.54, 1.807) is 22.8 Å². The second-order valence-corrected chi connectivity index (χ2v) is 2.96.